The molecule has 2 fully saturated rings. The Hall–Kier alpha value is -3.62. The molecule has 2 saturated heterocycles. The van der Waals surface area contributed by atoms with Crippen LogP contribution in [-0.4, -0.2) is 66.2 Å². The first-order chi connectivity index (χ1) is 16.8. The van der Waals surface area contributed by atoms with E-state index in [-0.39, 0.29) is 35.5 Å². The zero-order valence-electron chi connectivity index (χ0n) is 20.0. The maximum absolute atomic E-state index is 12.8. The molecule has 0 aliphatic carbocycles. The van der Waals surface area contributed by atoms with E-state index < -0.39 is 5.91 Å². The molecule has 186 valence electrons. The molecule has 1 aromatic carbocycles. The average Bonchev–Trinajstić information content (AvgIpc) is 3.53. The van der Waals surface area contributed by atoms with Gasteiger partial charge in [0.2, 0.25) is 11.8 Å². The van der Waals surface area contributed by atoms with Gasteiger partial charge in [0, 0.05) is 39.5 Å². The Morgan fingerprint density at radius 2 is 1.66 bits per heavy atom. The minimum Gasteiger partial charge on any atom is -0.459 e. The fourth-order valence-electron chi connectivity index (χ4n) is 4.85. The summed E-state index contributed by atoms with van der Waals surface area (Å²) in [6.07, 6.45) is 5.14. The lowest BCUT2D eigenvalue weighted by molar-refractivity contribution is -0.134. The van der Waals surface area contributed by atoms with E-state index in [0.717, 1.165) is 37.9 Å². The molecule has 2 aliphatic heterocycles. The molecule has 0 unspecified atom stereocenters. The smallest absolute Gasteiger partial charge is 0.308 e. The van der Waals surface area contributed by atoms with Crippen molar-refractivity contribution in [1.29, 1.82) is 0 Å². The van der Waals surface area contributed by atoms with Gasteiger partial charge in [-0.2, -0.15) is 0 Å². The van der Waals surface area contributed by atoms with Crippen LogP contribution in [0.2, 0.25) is 0 Å². The number of carbonyl (C=O) groups excluding carboxylic acids is 4. The number of nitrogens with zero attached hydrogens (tertiary/aromatic N) is 2. The van der Waals surface area contributed by atoms with Gasteiger partial charge < -0.3 is 24.3 Å². The summed E-state index contributed by atoms with van der Waals surface area (Å²) in [5, 5.41) is 2.61. The first-order valence-corrected chi connectivity index (χ1v) is 12.0. The third kappa shape index (κ3) is 6.29. The van der Waals surface area contributed by atoms with Crippen molar-refractivity contribution < 1.29 is 28.3 Å². The molecular weight excluding hydrogens is 450 g/mol. The fraction of sp³-hybridized carbons (Fsp3) is 0.462. The lowest BCUT2D eigenvalue weighted by atomic mass is 9.78. The third-order valence-corrected chi connectivity index (χ3v) is 6.93. The fourth-order valence-corrected chi connectivity index (χ4v) is 4.85. The van der Waals surface area contributed by atoms with Gasteiger partial charge in [0.15, 0.2) is 5.76 Å². The molecule has 1 aromatic heterocycles. The zero-order chi connectivity index (χ0) is 24.8. The summed E-state index contributed by atoms with van der Waals surface area (Å²) in [6.45, 7) is 4.05. The Labute approximate surface area is 204 Å². The molecule has 9 nitrogen and oxygen atoms in total. The van der Waals surface area contributed by atoms with E-state index in [9.17, 15) is 19.2 Å². The number of aryl methyl sites for hydroxylation is 1. The number of piperidine rings is 1. The summed E-state index contributed by atoms with van der Waals surface area (Å²) in [5.74, 6) is -0.0376. The number of carbonyl (C=O) groups is 4. The number of rotatable bonds is 7. The summed E-state index contributed by atoms with van der Waals surface area (Å²) < 4.78 is 10.1. The lowest BCUT2D eigenvalue weighted by Gasteiger charge is -2.39. The van der Waals surface area contributed by atoms with Crippen molar-refractivity contribution in [3.63, 3.8) is 0 Å². The summed E-state index contributed by atoms with van der Waals surface area (Å²) >= 11 is 0. The van der Waals surface area contributed by atoms with E-state index in [1.54, 1.807) is 29.2 Å². The maximum atomic E-state index is 12.8. The number of hydrogen-bond acceptors (Lipinski definition) is 6. The van der Waals surface area contributed by atoms with Crippen molar-refractivity contribution in [1.82, 2.24) is 15.1 Å². The van der Waals surface area contributed by atoms with Crippen LogP contribution in [0.15, 0.2) is 47.1 Å². The largest absolute Gasteiger partial charge is 0.459 e. The van der Waals surface area contributed by atoms with Crippen molar-refractivity contribution in [2.75, 3.05) is 32.7 Å². The van der Waals surface area contributed by atoms with E-state index in [1.165, 1.54) is 13.2 Å². The number of amides is 3. The molecule has 1 spiro atoms. The zero-order valence-corrected chi connectivity index (χ0v) is 20.0. The van der Waals surface area contributed by atoms with Gasteiger partial charge in [-0.05, 0) is 60.9 Å². The quantitative estimate of drug-likeness (QED) is 0.481. The molecule has 3 amide bonds. The average molecular weight is 482 g/mol. The van der Waals surface area contributed by atoms with E-state index in [1.807, 2.05) is 17.0 Å². The second-order valence-corrected chi connectivity index (χ2v) is 9.34. The Bertz CT molecular complexity index is 1060. The van der Waals surface area contributed by atoms with E-state index in [2.05, 4.69) is 5.32 Å². The highest BCUT2D eigenvalue weighted by Crippen LogP contribution is 2.40. The normalized spacial score (nSPS) is 16.8. The van der Waals surface area contributed by atoms with Crippen LogP contribution < -0.4 is 10.1 Å². The number of hydrogen-bond donors (Lipinski definition) is 1. The summed E-state index contributed by atoms with van der Waals surface area (Å²) in [7, 11) is 0. The molecule has 0 atom stereocenters. The van der Waals surface area contributed by atoms with Gasteiger partial charge in [-0.1, -0.05) is 12.1 Å². The van der Waals surface area contributed by atoms with Gasteiger partial charge in [0.05, 0.1) is 12.8 Å². The Morgan fingerprint density at radius 3 is 2.29 bits per heavy atom. The molecule has 9 heteroatoms. The van der Waals surface area contributed by atoms with Gasteiger partial charge in [-0.25, -0.2) is 0 Å². The maximum Gasteiger partial charge on any atom is 0.308 e. The first kappa shape index (κ1) is 24.5. The van der Waals surface area contributed by atoms with Gasteiger partial charge in [0.25, 0.3) is 5.91 Å². The highest BCUT2D eigenvalue weighted by atomic mass is 16.5. The van der Waals surface area contributed by atoms with E-state index >= 15 is 0 Å². The van der Waals surface area contributed by atoms with Crippen LogP contribution in [0.5, 0.6) is 5.75 Å². The van der Waals surface area contributed by atoms with Crippen molar-refractivity contribution in [3.8, 4) is 5.75 Å². The molecule has 2 aliphatic rings. The van der Waals surface area contributed by atoms with Gasteiger partial charge in [-0.3, -0.25) is 19.2 Å². The molecule has 1 N–H and O–H groups in total. The highest BCUT2D eigenvalue weighted by molar-refractivity contribution is 5.94. The predicted octanol–water partition coefficient (Wildman–Crippen LogP) is 2.41. The monoisotopic (exact) mass is 481 g/mol. The van der Waals surface area contributed by atoms with E-state index in [0.29, 0.717) is 31.7 Å². The molecule has 0 radical (unpaired) electrons. The standard InChI is InChI=1S/C26H31N3O6/c1-19(30)35-21-7-4-20(5-8-21)6-9-23(31)29-15-12-26(18-29)10-13-28(14-11-26)24(32)17-27-25(33)22-3-2-16-34-22/h2-5,7-8,16H,6,9-15,17-18H2,1H3,(H,27,33). The predicted molar refractivity (Wildman–Crippen MR) is 127 cm³/mol. The van der Waals surface area contributed by atoms with Crippen molar-refractivity contribution in [2.45, 2.75) is 39.0 Å². The molecular formula is C26H31N3O6. The Balaban J connectivity index is 1.19. The van der Waals surface area contributed by atoms with E-state index in [4.69, 9.17) is 9.15 Å². The highest BCUT2D eigenvalue weighted by Gasteiger charge is 2.42. The third-order valence-electron chi connectivity index (χ3n) is 6.93. The number of nitrogens with one attached hydrogen (secondary N) is 1. The van der Waals surface area contributed by atoms with Crippen molar-refractivity contribution >= 4 is 23.7 Å². The number of furan rings is 1. The van der Waals surface area contributed by atoms with Gasteiger partial charge in [-0.15, -0.1) is 0 Å². The summed E-state index contributed by atoms with van der Waals surface area (Å²) in [6, 6.07) is 10.4. The van der Waals surface area contributed by atoms with Crippen LogP contribution in [0, 0.1) is 5.41 Å². The molecule has 2 aromatic rings. The second kappa shape index (κ2) is 10.8. The van der Waals surface area contributed by atoms with Gasteiger partial charge in [0.1, 0.15) is 5.75 Å². The number of ether oxygens (including phenoxy) is 1. The van der Waals surface area contributed by atoms with Crippen LogP contribution in [0.4, 0.5) is 0 Å². The van der Waals surface area contributed by atoms with Crippen molar-refractivity contribution in [3.05, 3.63) is 54.0 Å². The number of likely N-dealkylation sites (tertiary alicyclic amines) is 2. The molecule has 0 saturated carbocycles. The second-order valence-electron chi connectivity index (χ2n) is 9.34. The van der Waals surface area contributed by atoms with Crippen LogP contribution >= 0.6 is 0 Å². The van der Waals surface area contributed by atoms with Gasteiger partial charge >= 0.3 is 5.97 Å². The summed E-state index contributed by atoms with van der Waals surface area (Å²) in [4.78, 5) is 52.1. The minimum absolute atomic E-state index is 0.0565. The number of benzene rings is 1. The van der Waals surface area contributed by atoms with Crippen LogP contribution in [0.25, 0.3) is 0 Å². The van der Waals surface area contributed by atoms with Crippen LogP contribution in [0.3, 0.4) is 0 Å². The molecule has 4 rings (SSSR count). The van der Waals surface area contributed by atoms with Crippen molar-refractivity contribution in [2.24, 2.45) is 5.41 Å². The Kier molecular flexibility index (Phi) is 7.53. The first-order valence-electron chi connectivity index (χ1n) is 12.0. The Morgan fingerprint density at radius 1 is 0.971 bits per heavy atom. The lowest BCUT2D eigenvalue weighted by Crippen LogP contribution is -2.47. The minimum atomic E-state index is -0.401. The SMILES string of the molecule is CC(=O)Oc1ccc(CCC(=O)N2CCC3(CCN(C(=O)CNC(=O)c4ccco4)CC3)C2)cc1. The van der Waals surface area contributed by atoms with Crippen LogP contribution in [0.1, 0.15) is 48.7 Å². The molecule has 0 bridgehead atoms. The number of esters is 1. The molecule has 3 heterocycles. The topological polar surface area (TPSA) is 109 Å². The molecule has 35 heavy (non-hydrogen) atoms. The summed E-state index contributed by atoms with van der Waals surface area (Å²) in [5.41, 5.74) is 1.09. The van der Waals surface area contributed by atoms with Crippen LogP contribution in [-0.2, 0) is 20.8 Å².